The Morgan fingerprint density at radius 2 is 1.04 bits per heavy atom. The van der Waals surface area contributed by atoms with E-state index in [-0.39, 0.29) is 0 Å². The molecule has 0 unspecified atom stereocenters. The van der Waals surface area contributed by atoms with Crippen LogP contribution in [0.2, 0.25) is 0 Å². The molecule has 5 heteroatoms. The first-order valence-corrected chi connectivity index (χ1v) is 18.2. The maximum atomic E-state index is 8.38. The summed E-state index contributed by atoms with van der Waals surface area (Å²) >= 11 is 7.03. The van der Waals surface area contributed by atoms with Crippen molar-refractivity contribution in [2.45, 2.75) is 34.6 Å². The quantitative estimate of drug-likeness (QED) is 0.154. The van der Waals surface area contributed by atoms with Crippen molar-refractivity contribution in [3.05, 3.63) is 77.7 Å². The van der Waals surface area contributed by atoms with Crippen LogP contribution >= 0.6 is 62.5 Å². The number of aryl methyl sites for hydroxylation is 3. The molecule has 139 valence electrons. The van der Waals surface area contributed by atoms with Crippen molar-refractivity contribution in [2.75, 3.05) is 4.43 Å². The van der Waals surface area contributed by atoms with E-state index in [1.807, 2.05) is 31.2 Å². The number of nitrogens with zero attached hydrogens (tertiary/aromatic N) is 1. The first-order chi connectivity index (χ1) is 11.9. The number of benzene rings is 2. The fourth-order valence-corrected chi connectivity index (χ4v) is 1.26. The molecule has 0 N–H and O–H groups in total. The molecule has 0 saturated carbocycles. The first-order valence-electron chi connectivity index (χ1n) is 7.64. The molecule has 0 spiro atoms. The zero-order valence-corrected chi connectivity index (χ0v) is 23.4. The summed E-state index contributed by atoms with van der Waals surface area (Å²) < 4.78 is 1.22. The molecular formula is C20H27I3NV-. The molecule has 0 radical (unpaired) electrons. The van der Waals surface area contributed by atoms with E-state index >= 15 is 0 Å². The van der Waals surface area contributed by atoms with Crippen LogP contribution in [-0.4, -0.2) is 4.43 Å². The van der Waals surface area contributed by atoms with Gasteiger partial charge in [-0.05, 0) is 37.3 Å². The Hall–Kier alpha value is 0.704. The van der Waals surface area contributed by atoms with Gasteiger partial charge in [0.15, 0.2) is 0 Å². The molecule has 0 saturated heterocycles. The second-order valence-corrected chi connectivity index (χ2v) is 17.8. The van der Waals surface area contributed by atoms with Crippen LogP contribution in [0.1, 0.15) is 36.1 Å². The average Bonchev–Trinajstić information content (AvgIpc) is 2.62. The van der Waals surface area contributed by atoms with Gasteiger partial charge in [0, 0.05) is 0 Å². The van der Waals surface area contributed by atoms with Crippen LogP contribution in [0.5, 0.6) is 0 Å². The average molecular weight is 713 g/mol. The van der Waals surface area contributed by atoms with Crippen molar-refractivity contribution < 1.29 is 9.47 Å². The molecular weight excluding hydrogens is 686 g/mol. The van der Waals surface area contributed by atoms with Crippen molar-refractivity contribution in [3.8, 4) is 6.07 Å². The number of hydrogen-bond donors (Lipinski definition) is 0. The van der Waals surface area contributed by atoms with Crippen LogP contribution in [0.4, 0.5) is 0 Å². The number of hydrogen-bond acceptors (Lipinski definition) is 1. The monoisotopic (exact) mass is 713 g/mol. The number of rotatable bonds is 0. The van der Waals surface area contributed by atoms with E-state index in [9.17, 15) is 0 Å². The predicted octanol–water partition coefficient (Wildman–Crippen LogP) is 8.22. The van der Waals surface area contributed by atoms with Crippen molar-refractivity contribution in [3.63, 3.8) is 0 Å². The maximum absolute atomic E-state index is 8.38. The van der Waals surface area contributed by atoms with Crippen LogP contribution in [-0.2, 0) is 9.47 Å². The molecule has 25 heavy (non-hydrogen) atoms. The summed E-state index contributed by atoms with van der Waals surface area (Å²) in [7, 11) is 0.628. The van der Waals surface area contributed by atoms with Gasteiger partial charge in [-0.25, -0.2) is 0 Å². The number of halogens is 3. The molecule has 0 aliphatic carbocycles. The van der Waals surface area contributed by atoms with Crippen molar-refractivity contribution >= 4 is 62.5 Å². The second-order valence-electron chi connectivity index (χ2n) is 4.46. The SMILES string of the molecule is CCI.Cc1ccc(C#N)cc1.Cc1ccc(C)cc1.[CH2-]C.[I][V][I]. The molecule has 0 heterocycles. The third kappa shape index (κ3) is 24.7. The Kier molecular flexibility index (Phi) is 30.1. The fourth-order valence-electron chi connectivity index (χ4n) is 1.26. The molecule has 2 aromatic rings. The van der Waals surface area contributed by atoms with Gasteiger partial charge in [-0.3, -0.25) is 0 Å². The van der Waals surface area contributed by atoms with E-state index in [1.54, 1.807) is 6.92 Å². The van der Waals surface area contributed by atoms with Crippen LogP contribution in [0.3, 0.4) is 0 Å². The Morgan fingerprint density at radius 3 is 1.24 bits per heavy atom. The Bertz CT molecular complexity index is 511. The minimum atomic E-state index is 0.628. The minimum absolute atomic E-state index is 0.628. The van der Waals surface area contributed by atoms with Gasteiger partial charge in [-0.2, -0.15) is 12.2 Å². The van der Waals surface area contributed by atoms with Crippen molar-refractivity contribution in [1.82, 2.24) is 0 Å². The van der Waals surface area contributed by atoms with Gasteiger partial charge in [0.2, 0.25) is 0 Å². The molecule has 0 amide bonds. The molecule has 0 atom stereocenters. The second kappa shape index (κ2) is 24.7. The zero-order valence-electron chi connectivity index (χ0n) is 15.6. The van der Waals surface area contributed by atoms with Crippen molar-refractivity contribution in [2.24, 2.45) is 0 Å². The van der Waals surface area contributed by atoms with E-state index in [2.05, 4.69) is 121 Å². The number of nitriles is 1. The summed E-state index contributed by atoms with van der Waals surface area (Å²) in [6.45, 7) is 13.3. The van der Waals surface area contributed by atoms with Crippen LogP contribution in [0.25, 0.3) is 0 Å². The molecule has 0 aromatic heterocycles. The third-order valence-electron chi connectivity index (χ3n) is 2.40. The fraction of sp³-hybridized carbons (Fsp3) is 0.300. The number of alkyl halides is 1. The Morgan fingerprint density at radius 1 is 0.840 bits per heavy atom. The summed E-state index contributed by atoms with van der Waals surface area (Å²) in [4.78, 5) is 0. The Balaban J connectivity index is -0.000000277. The topological polar surface area (TPSA) is 23.8 Å². The van der Waals surface area contributed by atoms with Gasteiger partial charge in [0.05, 0.1) is 11.6 Å². The standard InChI is InChI=1S/C8H7N.C8H10.C2H5I.C2H5.2HI.V/c1-7-2-4-8(6-9)5-3-7;1-7-3-5-8(2)6-4-7;1-2-3;1-2;;;/h2-5H,1H3;3-6H,1-2H3;2H2,1H3;1H2,2H3;2*1H;/q;;;-1;;;+2/p-2. The van der Waals surface area contributed by atoms with Gasteiger partial charge in [-0.15, -0.1) is 0 Å². The van der Waals surface area contributed by atoms with E-state index in [1.165, 1.54) is 21.1 Å². The molecule has 0 aliphatic heterocycles. The van der Waals surface area contributed by atoms with Crippen LogP contribution in [0, 0.1) is 39.0 Å². The van der Waals surface area contributed by atoms with E-state index in [0.29, 0.717) is 9.47 Å². The summed E-state index contributed by atoms with van der Waals surface area (Å²) in [5.41, 5.74) is 4.57. The van der Waals surface area contributed by atoms with Gasteiger partial charge in [0.25, 0.3) is 0 Å². The summed E-state index contributed by atoms with van der Waals surface area (Å²) in [6.07, 6.45) is 0. The molecule has 0 fully saturated rings. The molecule has 1 nitrogen and oxygen atoms in total. The normalized spacial score (nSPS) is 7.52. The molecule has 2 rings (SSSR count). The Labute approximate surface area is 197 Å². The van der Waals surface area contributed by atoms with Gasteiger partial charge >= 0.3 is 49.4 Å². The summed E-state index contributed by atoms with van der Waals surface area (Å²) in [5, 5.41) is 8.38. The van der Waals surface area contributed by atoms with Gasteiger partial charge in [-0.1, -0.05) is 82.6 Å². The first kappa shape index (κ1) is 30.4. The zero-order chi connectivity index (χ0) is 20.1. The van der Waals surface area contributed by atoms with E-state index < -0.39 is 0 Å². The van der Waals surface area contributed by atoms with E-state index in [4.69, 9.17) is 5.26 Å². The van der Waals surface area contributed by atoms with Crippen molar-refractivity contribution in [1.29, 1.82) is 5.26 Å². The van der Waals surface area contributed by atoms with Crippen LogP contribution in [0.15, 0.2) is 48.5 Å². The molecule has 0 bridgehead atoms. The summed E-state index contributed by atoms with van der Waals surface area (Å²) in [5.74, 6) is 0. The molecule has 0 aliphatic rings. The van der Waals surface area contributed by atoms with E-state index in [0.717, 1.165) is 5.56 Å². The third-order valence-corrected chi connectivity index (χ3v) is 2.40. The van der Waals surface area contributed by atoms with Gasteiger partial charge in [0.1, 0.15) is 0 Å². The van der Waals surface area contributed by atoms with Gasteiger partial charge < -0.3 is 6.92 Å². The summed E-state index contributed by atoms with van der Waals surface area (Å²) in [6, 6.07) is 18.0. The predicted molar refractivity (Wildman–Crippen MR) is 135 cm³/mol. The van der Waals surface area contributed by atoms with Crippen LogP contribution < -0.4 is 0 Å². The molecule has 2 aromatic carbocycles.